The van der Waals surface area contributed by atoms with Crippen molar-refractivity contribution in [3.05, 3.63) is 48.0 Å². The summed E-state index contributed by atoms with van der Waals surface area (Å²) in [5.41, 5.74) is 1.85. The molecule has 2 fully saturated rings. The Labute approximate surface area is 208 Å². The molecule has 0 bridgehead atoms. The Morgan fingerprint density at radius 2 is 1.69 bits per heavy atom. The Morgan fingerprint density at radius 1 is 0.944 bits per heavy atom. The van der Waals surface area contributed by atoms with E-state index in [0.717, 1.165) is 12.1 Å². The standard InChI is InChI=1S/C26H28N4O6/c31-23-2-1-11-30(23)20-6-3-17(4-7-20)25(33)27-15-24(32)29-12-9-18(10-13-29)26(34)28-19-5-8-21-22(14-19)36-16-35-21/h3-8,14,18H,1-2,9-13,15-16H2,(H,27,33)(H,28,34). The van der Waals surface area contributed by atoms with Gasteiger partial charge in [-0.05, 0) is 55.7 Å². The Balaban J connectivity index is 1.06. The molecule has 0 aromatic heterocycles. The quantitative estimate of drug-likeness (QED) is 0.638. The average Bonchev–Trinajstić information content (AvgIpc) is 3.55. The fourth-order valence-electron chi connectivity index (χ4n) is 4.69. The van der Waals surface area contributed by atoms with Crippen molar-refractivity contribution in [2.75, 3.05) is 43.2 Å². The maximum Gasteiger partial charge on any atom is 0.251 e. The van der Waals surface area contributed by atoms with Gasteiger partial charge in [0.05, 0.1) is 6.54 Å². The number of piperidine rings is 1. The van der Waals surface area contributed by atoms with Gasteiger partial charge in [0.15, 0.2) is 11.5 Å². The number of carbonyl (C=O) groups is 4. The summed E-state index contributed by atoms with van der Waals surface area (Å²) in [6.45, 7) is 1.65. The van der Waals surface area contributed by atoms with Gasteiger partial charge in [0.25, 0.3) is 5.91 Å². The van der Waals surface area contributed by atoms with Crippen LogP contribution < -0.4 is 25.0 Å². The maximum absolute atomic E-state index is 12.7. The minimum atomic E-state index is -0.347. The Hall–Kier alpha value is -4.08. The molecule has 10 nitrogen and oxygen atoms in total. The van der Waals surface area contributed by atoms with Gasteiger partial charge < -0.3 is 29.9 Å². The minimum absolute atomic E-state index is 0.0895. The van der Waals surface area contributed by atoms with Gasteiger partial charge in [-0.3, -0.25) is 19.2 Å². The van der Waals surface area contributed by atoms with Crippen molar-refractivity contribution in [3.8, 4) is 11.5 Å². The van der Waals surface area contributed by atoms with Crippen molar-refractivity contribution >= 4 is 35.0 Å². The lowest BCUT2D eigenvalue weighted by Crippen LogP contribution is -2.45. The number of carbonyl (C=O) groups excluding carboxylic acids is 4. The van der Waals surface area contributed by atoms with Crippen molar-refractivity contribution in [2.24, 2.45) is 5.92 Å². The smallest absolute Gasteiger partial charge is 0.251 e. The second kappa shape index (κ2) is 10.3. The first-order valence-corrected chi connectivity index (χ1v) is 12.1. The van der Waals surface area contributed by atoms with Crippen molar-refractivity contribution in [1.29, 1.82) is 0 Å². The van der Waals surface area contributed by atoms with Gasteiger partial charge in [0.2, 0.25) is 24.5 Å². The molecule has 3 heterocycles. The van der Waals surface area contributed by atoms with Crippen LogP contribution in [0.4, 0.5) is 11.4 Å². The molecule has 2 N–H and O–H groups in total. The van der Waals surface area contributed by atoms with Crippen LogP contribution in [0.3, 0.4) is 0 Å². The van der Waals surface area contributed by atoms with Crippen LogP contribution in [0.1, 0.15) is 36.0 Å². The third kappa shape index (κ3) is 5.12. The van der Waals surface area contributed by atoms with Gasteiger partial charge in [0, 0.05) is 55.0 Å². The van der Waals surface area contributed by atoms with Crippen LogP contribution >= 0.6 is 0 Å². The van der Waals surface area contributed by atoms with Crippen LogP contribution in [-0.2, 0) is 14.4 Å². The number of nitrogens with one attached hydrogen (secondary N) is 2. The molecule has 188 valence electrons. The van der Waals surface area contributed by atoms with Gasteiger partial charge >= 0.3 is 0 Å². The molecule has 5 rings (SSSR count). The number of hydrogen-bond donors (Lipinski definition) is 2. The summed E-state index contributed by atoms with van der Waals surface area (Å²) in [5.74, 6) is 0.531. The highest BCUT2D eigenvalue weighted by Crippen LogP contribution is 2.34. The predicted octanol–water partition coefficient (Wildman–Crippen LogP) is 2.15. The largest absolute Gasteiger partial charge is 0.454 e. The first kappa shape index (κ1) is 23.7. The number of fused-ring (bicyclic) bond motifs is 1. The molecule has 2 aromatic carbocycles. The lowest BCUT2D eigenvalue weighted by molar-refractivity contribution is -0.133. The molecule has 36 heavy (non-hydrogen) atoms. The molecule has 10 heteroatoms. The van der Waals surface area contributed by atoms with E-state index in [0.29, 0.717) is 61.6 Å². The predicted molar refractivity (Wildman–Crippen MR) is 131 cm³/mol. The number of rotatable bonds is 6. The van der Waals surface area contributed by atoms with E-state index in [2.05, 4.69) is 10.6 Å². The van der Waals surface area contributed by atoms with Crippen LogP contribution in [0, 0.1) is 5.92 Å². The van der Waals surface area contributed by atoms with Crippen LogP contribution in [0.2, 0.25) is 0 Å². The normalized spacial score (nSPS) is 17.3. The molecule has 4 amide bonds. The average molecular weight is 493 g/mol. The van der Waals surface area contributed by atoms with Crippen molar-refractivity contribution in [2.45, 2.75) is 25.7 Å². The molecular weight excluding hydrogens is 464 g/mol. The summed E-state index contributed by atoms with van der Waals surface area (Å²) in [6.07, 6.45) is 2.48. The highest BCUT2D eigenvalue weighted by molar-refractivity contribution is 5.98. The van der Waals surface area contributed by atoms with Crippen molar-refractivity contribution < 1.29 is 28.7 Å². The summed E-state index contributed by atoms with van der Waals surface area (Å²) >= 11 is 0. The number of ether oxygens (including phenoxy) is 2. The van der Waals surface area contributed by atoms with Crippen LogP contribution in [-0.4, -0.2) is 61.5 Å². The monoisotopic (exact) mass is 492 g/mol. The minimum Gasteiger partial charge on any atom is -0.454 e. The molecule has 0 spiro atoms. The number of amides is 4. The Morgan fingerprint density at radius 3 is 2.42 bits per heavy atom. The topological polar surface area (TPSA) is 117 Å². The zero-order chi connectivity index (χ0) is 25.1. The summed E-state index contributed by atoms with van der Waals surface area (Å²) < 4.78 is 10.6. The zero-order valence-corrected chi connectivity index (χ0v) is 19.8. The summed E-state index contributed by atoms with van der Waals surface area (Å²) in [6, 6.07) is 12.1. The number of hydrogen-bond acceptors (Lipinski definition) is 6. The van der Waals surface area contributed by atoms with Gasteiger partial charge in [-0.1, -0.05) is 0 Å². The second-order valence-corrected chi connectivity index (χ2v) is 9.09. The van der Waals surface area contributed by atoms with E-state index in [1.807, 2.05) is 0 Å². The Bertz CT molecular complexity index is 1170. The van der Waals surface area contributed by atoms with E-state index in [4.69, 9.17) is 9.47 Å². The van der Waals surface area contributed by atoms with Gasteiger partial charge in [0.1, 0.15) is 0 Å². The molecule has 0 atom stereocenters. The third-order valence-corrected chi connectivity index (χ3v) is 6.77. The van der Waals surface area contributed by atoms with Crippen LogP contribution in [0.5, 0.6) is 11.5 Å². The lowest BCUT2D eigenvalue weighted by atomic mass is 9.95. The number of nitrogens with zero attached hydrogens (tertiary/aromatic N) is 2. The van der Waals surface area contributed by atoms with Gasteiger partial charge in [-0.25, -0.2) is 0 Å². The van der Waals surface area contributed by atoms with E-state index >= 15 is 0 Å². The molecule has 2 saturated heterocycles. The second-order valence-electron chi connectivity index (χ2n) is 9.09. The molecule has 0 radical (unpaired) electrons. The van der Waals surface area contributed by atoms with Gasteiger partial charge in [-0.2, -0.15) is 0 Å². The van der Waals surface area contributed by atoms with Crippen LogP contribution in [0.25, 0.3) is 0 Å². The number of benzene rings is 2. The van der Waals surface area contributed by atoms with Crippen LogP contribution in [0.15, 0.2) is 42.5 Å². The van der Waals surface area contributed by atoms with E-state index in [1.54, 1.807) is 52.3 Å². The molecular formula is C26H28N4O6. The zero-order valence-electron chi connectivity index (χ0n) is 19.8. The highest BCUT2D eigenvalue weighted by atomic mass is 16.7. The van der Waals surface area contributed by atoms with E-state index in [1.165, 1.54) is 0 Å². The molecule has 2 aromatic rings. The molecule has 3 aliphatic rings. The molecule has 0 saturated carbocycles. The fourth-order valence-corrected chi connectivity index (χ4v) is 4.69. The van der Waals surface area contributed by atoms with E-state index in [-0.39, 0.29) is 42.9 Å². The van der Waals surface area contributed by atoms with Crippen molar-refractivity contribution in [1.82, 2.24) is 10.2 Å². The lowest BCUT2D eigenvalue weighted by Gasteiger charge is -2.31. The SMILES string of the molecule is O=C(NCC(=O)N1CCC(C(=O)Nc2ccc3c(c2)OCO3)CC1)c1ccc(N2CCCC2=O)cc1. The third-order valence-electron chi connectivity index (χ3n) is 6.77. The summed E-state index contributed by atoms with van der Waals surface area (Å²) in [5, 5.41) is 5.58. The number of anilines is 2. The molecule has 0 unspecified atom stereocenters. The summed E-state index contributed by atoms with van der Waals surface area (Å²) in [7, 11) is 0. The maximum atomic E-state index is 12.7. The first-order chi connectivity index (χ1) is 17.5. The fraction of sp³-hybridized carbons (Fsp3) is 0.385. The van der Waals surface area contributed by atoms with Crippen molar-refractivity contribution in [3.63, 3.8) is 0 Å². The highest BCUT2D eigenvalue weighted by Gasteiger charge is 2.28. The van der Waals surface area contributed by atoms with Gasteiger partial charge in [-0.15, -0.1) is 0 Å². The first-order valence-electron chi connectivity index (χ1n) is 12.1. The summed E-state index contributed by atoms with van der Waals surface area (Å²) in [4.78, 5) is 53.0. The van der Waals surface area contributed by atoms with E-state index in [9.17, 15) is 19.2 Å². The molecule has 3 aliphatic heterocycles. The number of likely N-dealkylation sites (tertiary alicyclic amines) is 1. The Kier molecular flexibility index (Phi) is 6.75. The van der Waals surface area contributed by atoms with E-state index < -0.39 is 0 Å². The molecule has 0 aliphatic carbocycles.